The van der Waals surface area contributed by atoms with Crippen LogP contribution in [0.4, 0.5) is 28.7 Å². The van der Waals surface area contributed by atoms with Crippen molar-refractivity contribution >= 4 is 40.0 Å². The van der Waals surface area contributed by atoms with Crippen molar-refractivity contribution < 1.29 is 16.8 Å². The van der Waals surface area contributed by atoms with E-state index in [0.29, 0.717) is 45.3 Å². The van der Waals surface area contributed by atoms with Gasteiger partial charge in [0.1, 0.15) is 6.07 Å². The van der Waals surface area contributed by atoms with Crippen LogP contribution in [0.5, 0.6) is 0 Å². The van der Waals surface area contributed by atoms with E-state index in [1.165, 1.54) is 0 Å². The van der Waals surface area contributed by atoms with Gasteiger partial charge in [-0.25, -0.2) is 4.85 Å². The number of hydrogen-bond donors (Lipinski definition) is 0. The molecule has 6 heterocycles. The van der Waals surface area contributed by atoms with E-state index in [2.05, 4.69) is 134 Å². The Morgan fingerprint density at radius 3 is 1.50 bits per heavy atom. The third-order valence-corrected chi connectivity index (χ3v) is 8.71. The van der Waals surface area contributed by atoms with Gasteiger partial charge in [-0.05, 0) is 23.0 Å². The summed E-state index contributed by atoms with van der Waals surface area (Å²) in [6.45, 7) is 42.0. The minimum atomic E-state index is -0.309. The zero-order chi connectivity index (χ0) is 42.6. The first kappa shape index (κ1) is 45.2. The molecular weight excluding hydrogens is 779 g/mol. The van der Waals surface area contributed by atoms with Crippen molar-refractivity contribution in [3.63, 3.8) is 0 Å². The second kappa shape index (κ2) is 15.7. The zero-order valence-corrected chi connectivity index (χ0v) is 37.5. The molecule has 0 aliphatic heterocycles. The molecule has 0 N–H and O–H groups in total. The monoisotopic (exact) mass is 831 g/mol. The molecule has 0 fully saturated rings. The fourth-order valence-corrected chi connectivity index (χ4v) is 5.76. The van der Waals surface area contributed by atoms with Gasteiger partial charge in [0.2, 0.25) is 5.69 Å². The van der Waals surface area contributed by atoms with Crippen molar-refractivity contribution in [2.75, 3.05) is 0 Å². The fourth-order valence-electron chi connectivity index (χ4n) is 5.76. The van der Waals surface area contributed by atoms with Gasteiger partial charge in [-0.3, -0.25) is 40.8 Å². The Hall–Kier alpha value is -5.53. The van der Waals surface area contributed by atoms with E-state index >= 15 is 0 Å². The van der Waals surface area contributed by atoms with E-state index in [0.717, 1.165) is 23.0 Å². The van der Waals surface area contributed by atoms with E-state index in [1.807, 2.05) is 55.4 Å². The van der Waals surface area contributed by atoms with Crippen LogP contribution in [0.3, 0.4) is 0 Å². The molecule has 6 aromatic heterocycles. The van der Waals surface area contributed by atoms with Gasteiger partial charge in [-0.1, -0.05) is 118 Å². The summed E-state index contributed by atoms with van der Waals surface area (Å²) in [5.41, 5.74) is 4.20. The number of rotatable bonds is 5. The first-order valence-electron chi connectivity index (χ1n) is 18.7. The molecule has 0 atom stereocenters. The molecule has 0 aromatic carbocycles. The maximum absolute atomic E-state index is 9.56. The average molecular weight is 832 g/mol. The summed E-state index contributed by atoms with van der Waals surface area (Å²) in [7, 11) is 0. The molecule has 58 heavy (non-hydrogen) atoms. The maximum atomic E-state index is 9.56. The first-order chi connectivity index (χ1) is 26.2. The van der Waals surface area contributed by atoms with Gasteiger partial charge in [0, 0.05) is 61.4 Å². The second-order valence-electron chi connectivity index (χ2n) is 19.4. The summed E-state index contributed by atoms with van der Waals surface area (Å²) in [6, 6.07) is 2.15. The normalized spacial score (nSPS) is 13.1. The number of hydrogen-bond acceptors (Lipinski definition) is 11. The van der Waals surface area contributed by atoms with Crippen LogP contribution < -0.4 is 20.4 Å². The van der Waals surface area contributed by atoms with Crippen LogP contribution >= 0.6 is 0 Å². The molecule has 0 spiro atoms. The predicted molar refractivity (Wildman–Crippen MR) is 215 cm³/mol. The second-order valence-corrected chi connectivity index (χ2v) is 19.4. The van der Waals surface area contributed by atoms with E-state index in [4.69, 9.17) is 16.8 Å². The summed E-state index contributed by atoms with van der Waals surface area (Å²) < 4.78 is 3.46. The molecule has 18 nitrogen and oxygen atoms in total. The molecule has 0 unspecified atom stereocenters. The van der Waals surface area contributed by atoms with Gasteiger partial charge in [0.05, 0.1) is 46.3 Å². The van der Waals surface area contributed by atoms with Gasteiger partial charge in [-0.2, -0.15) is 5.26 Å². The van der Waals surface area contributed by atoms with Crippen LogP contribution in [0.1, 0.15) is 164 Å². The Balaban J connectivity index is 0.000000252. The van der Waals surface area contributed by atoms with E-state index in [1.54, 1.807) is 9.03 Å². The molecule has 0 amide bonds. The fraction of sp³-hybridized carbons (Fsp3) is 0.590. The standard InChI is InChI=1S/C20H27N9.C19H25N9.Co/c1-18(2,3)13-11(21-10)15(25-23-13)24-22-12-14(19(4,5)6)28-29-16(12)26-27-17(29)20(7,8)9;1-10(2)16-25-26-17-12(14(19(6,7)8)27-28(16)17)21-23-15-11(9-20)13(22-24-15)18(3,4)5;/h1-9H3;10H,1-8H3;/q2*-2;. The molecule has 6 aromatic rings. The van der Waals surface area contributed by atoms with Crippen LogP contribution in [0.15, 0.2) is 20.5 Å². The van der Waals surface area contributed by atoms with Gasteiger partial charge < -0.3 is 39.7 Å². The Morgan fingerprint density at radius 2 is 1.03 bits per heavy atom. The molecule has 1 radical (unpaired) electrons. The molecule has 0 saturated carbocycles. The number of nitriles is 1. The smallest absolute Gasteiger partial charge is 0.210 e. The van der Waals surface area contributed by atoms with Gasteiger partial charge >= 0.3 is 0 Å². The Bertz CT molecular complexity index is 2550. The van der Waals surface area contributed by atoms with Crippen molar-refractivity contribution in [1.29, 1.82) is 5.26 Å². The largest absolute Gasteiger partial charge is 0.365 e. The maximum Gasteiger partial charge on any atom is 0.210 e. The zero-order valence-electron chi connectivity index (χ0n) is 36.5. The molecule has 6 rings (SSSR count). The molecular formula is C39H52CoN18-4. The average Bonchev–Trinajstić information content (AvgIpc) is 3.90. The number of fused-ring (bicyclic) bond motifs is 2. The summed E-state index contributed by atoms with van der Waals surface area (Å²) in [5, 5.41) is 69.9. The van der Waals surface area contributed by atoms with Crippen molar-refractivity contribution in [1.82, 2.24) is 60.0 Å². The molecule has 19 heteroatoms. The van der Waals surface area contributed by atoms with Crippen LogP contribution in [-0.2, 0) is 43.9 Å². The van der Waals surface area contributed by atoms with E-state index < -0.39 is 0 Å². The Labute approximate surface area is 349 Å². The molecule has 0 bridgehead atoms. The third-order valence-electron chi connectivity index (χ3n) is 8.71. The quantitative estimate of drug-likeness (QED) is 0.118. The van der Waals surface area contributed by atoms with Crippen molar-refractivity contribution in [3.05, 3.63) is 51.4 Å². The van der Waals surface area contributed by atoms with E-state index in [9.17, 15) is 5.26 Å². The Kier molecular flexibility index (Phi) is 12.2. The van der Waals surface area contributed by atoms with Crippen LogP contribution in [0.25, 0.3) is 16.1 Å². The van der Waals surface area contributed by atoms with Crippen molar-refractivity contribution in [2.24, 2.45) is 20.5 Å². The minimum Gasteiger partial charge on any atom is -0.365 e. The SMILES string of the molecule is CC(C)c1n[n-]c2c(N=Nc3[n-]nc(C(C)(C)C)c3C#N)c(C(C)(C)C)nn12.[C-]#[N+]c1c(C(C)(C)C)n[n-]c1N=Nc1c(C(C)(C)C)nn2c(C(C)(C)C)n[n-]c12.[Co]. The molecule has 0 aliphatic rings. The summed E-state index contributed by atoms with van der Waals surface area (Å²) in [6.07, 6.45) is 0. The van der Waals surface area contributed by atoms with E-state index in [-0.39, 0.29) is 61.4 Å². The number of nitrogens with zero attached hydrogens (tertiary/aromatic N) is 18. The molecule has 311 valence electrons. The van der Waals surface area contributed by atoms with Crippen molar-refractivity contribution in [3.8, 4) is 6.07 Å². The van der Waals surface area contributed by atoms with Gasteiger partial charge in [-0.15, -0.1) is 0 Å². The van der Waals surface area contributed by atoms with Crippen LogP contribution in [0, 0.1) is 17.9 Å². The molecule has 0 aliphatic carbocycles. The summed E-state index contributed by atoms with van der Waals surface area (Å²) in [4.78, 5) is 3.59. The topological polar surface area (TPSA) is 220 Å². The third kappa shape index (κ3) is 8.80. The predicted octanol–water partition coefficient (Wildman–Crippen LogP) is 8.94. The first-order valence-corrected chi connectivity index (χ1v) is 18.7. The Morgan fingerprint density at radius 1 is 0.586 bits per heavy atom. The number of azo groups is 2. The minimum absolute atomic E-state index is 0. The van der Waals surface area contributed by atoms with Crippen LogP contribution in [-0.4, -0.2) is 39.6 Å². The van der Waals surface area contributed by atoms with Crippen LogP contribution in [0.2, 0.25) is 0 Å². The summed E-state index contributed by atoms with van der Waals surface area (Å²) in [5.74, 6) is 2.10. The number of aromatic nitrogens is 12. The van der Waals surface area contributed by atoms with Gasteiger partial charge in [0.15, 0.2) is 0 Å². The van der Waals surface area contributed by atoms with Crippen molar-refractivity contribution in [2.45, 2.75) is 151 Å². The van der Waals surface area contributed by atoms with Gasteiger partial charge in [0.25, 0.3) is 0 Å². The molecule has 0 saturated heterocycles. The summed E-state index contributed by atoms with van der Waals surface area (Å²) >= 11 is 0.